The van der Waals surface area contributed by atoms with Gasteiger partial charge in [-0.3, -0.25) is 9.59 Å². The topological polar surface area (TPSA) is 76.7 Å². The Hall–Kier alpha value is -3.02. The van der Waals surface area contributed by atoms with Crippen molar-refractivity contribution in [1.82, 2.24) is 10.6 Å². The summed E-state index contributed by atoms with van der Waals surface area (Å²) >= 11 is 0. The van der Waals surface area contributed by atoms with Crippen molar-refractivity contribution in [3.8, 4) is 11.5 Å². The zero-order valence-corrected chi connectivity index (χ0v) is 17.8. The first-order valence-corrected chi connectivity index (χ1v) is 9.61. The van der Waals surface area contributed by atoms with Gasteiger partial charge in [0, 0.05) is 12.1 Å². The summed E-state index contributed by atoms with van der Waals surface area (Å²) in [7, 11) is 3.17. The number of nitrogens with one attached hydrogen (secondary N) is 2. The highest BCUT2D eigenvalue weighted by atomic mass is 16.5. The maximum atomic E-state index is 12.2. The van der Waals surface area contributed by atoms with Crippen LogP contribution in [-0.4, -0.2) is 39.1 Å². The van der Waals surface area contributed by atoms with Gasteiger partial charge in [0.15, 0.2) is 11.5 Å². The highest BCUT2D eigenvalue weighted by molar-refractivity contribution is 5.96. The number of ether oxygens (including phenoxy) is 2. The van der Waals surface area contributed by atoms with Crippen molar-refractivity contribution in [2.24, 2.45) is 0 Å². The predicted molar refractivity (Wildman–Crippen MR) is 114 cm³/mol. The van der Waals surface area contributed by atoms with Crippen LogP contribution < -0.4 is 20.1 Å². The van der Waals surface area contributed by atoms with E-state index in [9.17, 15) is 9.59 Å². The predicted octanol–water partition coefficient (Wildman–Crippen LogP) is 3.09. The third-order valence-electron chi connectivity index (χ3n) is 4.61. The van der Waals surface area contributed by atoms with E-state index in [4.69, 9.17) is 9.47 Å². The molecule has 0 spiro atoms. The number of methoxy groups -OCH3 is 2. The molecule has 2 N–H and O–H groups in total. The van der Waals surface area contributed by atoms with E-state index in [1.54, 1.807) is 26.4 Å². The van der Waals surface area contributed by atoms with Crippen molar-refractivity contribution >= 4 is 11.8 Å². The van der Waals surface area contributed by atoms with Crippen LogP contribution in [0.1, 0.15) is 42.3 Å². The van der Waals surface area contributed by atoms with E-state index in [0.29, 0.717) is 30.0 Å². The van der Waals surface area contributed by atoms with E-state index < -0.39 is 0 Å². The molecule has 0 aliphatic rings. The lowest BCUT2D eigenvalue weighted by atomic mass is 9.87. The summed E-state index contributed by atoms with van der Waals surface area (Å²) in [6.07, 6.45) is 0.647. The second kappa shape index (κ2) is 9.96. The molecule has 6 nitrogen and oxygen atoms in total. The average Bonchev–Trinajstić information content (AvgIpc) is 2.71. The van der Waals surface area contributed by atoms with Crippen LogP contribution in [0.5, 0.6) is 11.5 Å². The van der Waals surface area contributed by atoms with Gasteiger partial charge in [0.2, 0.25) is 5.91 Å². The highest BCUT2D eigenvalue weighted by Gasteiger charge is 2.14. The second-order valence-corrected chi connectivity index (χ2v) is 7.80. The Morgan fingerprint density at radius 3 is 2.14 bits per heavy atom. The summed E-state index contributed by atoms with van der Waals surface area (Å²) in [5.41, 5.74) is 2.74. The number of benzene rings is 2. The van der Waals surface area contributed by atoms with Crippen molar-refractivity contribution in [2.45, 2.75) is 32.6 Å². The monoisotopic (exact) mass is 398 g/mol. The van der Waals surface area contributed by atoms with Crippen molar-refractivity contribution < 1.29 is 19.1 Å². The van der Waals surface area contributed by atoms with Crippen LogP contribution in [0.15, 0.2) is 42.5 Å². The summed E-state index contributed by atoms with van der Waals surface area (Å²) in [4.78, 5) is 24.2. The number of hydrogen-bond donors (Lipinski definition) is 2. The van der Waals surface area contributed by atoms with Crippen molar-refractivity contribution in [3.05, 3.63) is 59.2 Å². The number of carbonyl (C=O) groups excluding carboxylic acids is 2. The molecule has 0 aromatic heterocycles. The van der Waals surface area contributed by atoms with E-state index >= 15 is 0 Å². The smallest absolute Gasteiger partial charge is 0.251 e. The number of hydrogen-bond acceptors (Lipinski definition) is 4. The van der Waals surface area contributed by atoms with Crippen molar-refractivity contribution in [3.63, 3.8) is 0 Å². The molecule has 2 rings (SSSR count). The molecule has 156 valence electrons. The summed E-state index contributed by atoms with van der Waals surface area (Å²) in [5.74, 6) is 0.824. The van der Waals surface area contributed by atoms with Gasteiger partial charge in [-0.2, -0.15) is 0 Å². The molecule has 0 saturated heterocycles. The second-order valence-electron chi connectivity index (χ2n) is 7.80. The molecule has 0 saturated carbocycles. The first-order valence-electron chi connectivity index (χ1n) is 9.61. The van der Waals surface area contributed by atoms with Crippen molar-refractivity contribution in [1.29, 1.82) is 0 Å². The number of amides is 2. The summed E-state index contributed by atoms with van der Waals surface area (Å²) in [5, 5.41) is 5.46. The van der Waals surface area contributed by atoms with Crippen molar-refractivity contribution in [2.75, 3.05) is 27.3 Å². The maximum absolute atomic E-state index is 12.2. The molecular weight excluding hydrogens is 368 g/mol. The lowest BCUT2D eigenvalue weighted by Gasteiger charge is -2.19. The van der Waals surface area contributed by atoms with E-state index in [2.05, 4.69) is 31.4 Å². The van der Waals surface area contributed by atoms with Gasteiger partial charge in [0.05, 0.1) is 20.8 Å². The minimum Gasteiger partial charge on any atom is -0.493 e. The van der Waals surface area contributed by atoms with Crippen LogP contribution in [0.4, 0.5) is 0 Å². The summed E-state index contributed by atoms with van der Waals surface area (Å²) in [6.45, 7) is 6.76. The molecule has 0 atom stereocenters. The largest absolute Gasteiger partial charge is 0.493 e. The van der Waals surface area contributed by atoms with Gasteiger partial charge in [-0.15, -0.1) is 0 Å². The molecule has 0 unspecified atom stereocenters. The lowest BCUT2D eigenvalue weighted by molar-refractivity contribution is -0.120. The normalized spacial score (nSPS) is 10.9. The Morgan fingerprint density at radius 1 is 0.897 bits per heavy atom. The average molecular weight is 399 g/mol. The first kappa shape index (κ1) is 22.3. The fraction of sp³-hybridized carbons (Fsp3) is 0.391. The van der Waals surface area contributed by atoms with Gasteiger partial charge in [0.1, 0.15) is 0 Å². The molecule has 2 amide bonds. The van der Waals surface area contributed by atoms with Gasteiger partial charge < -0.3 is 20.1 Å². The standard InChI is InChI=1S/C23H30N2O4/c1-23(2,3)18-9-7-17(8-10-18)22(27)25-15-21(26)24-13-12-16-6-11-19(28-4)20(14-16)29-5/h6-11,14H,12-13,15H2,1-5H3,(H,24,26)(H,25,27). The molecule has 2 aromatic carbocycles. The number of rotatable bonds is 8. The molecule has 0 heterocycles. The fourth-order valence-electron chi connectivity index (χ4n) is 2.83. The van der Waals surface area contributed by atoms with Gasteiger partial charge >= 0.3 is 0 Å². The zero-order valence-electron chi connectivity index (χ0n) is 17.8. The minimum absolute atomic E-state index is 0.0306. The van der Waals surface area contributed by atoms with Gasteiger partial charge in [-0.25, -0.2) is 0 Å². The highest BCUT2D eigenvalue weighted by Crippen LogP contribution is 2.27. The first-order chi connectivity index (χ1) is 13.7. The lowest BCUT2D eigenvalue weighted by Crippen LogP contribution is -2.37. The molecule has 6 heteroatoms. The van der Waals surface area contributed by atoms with Gasteiger partial charge in [0.25, 0.3) is 5.91 Å². The van der Waals surface area contributed by atoms with E-state index in [1.807, 2.05) is 30.3 Å². The molecule has 2 aromatic rings. The van der Waals surface area contributed by atoms with E-state index in [1.165, 1.54) is 0 Å². The molecule has 0 radical (unpaired) electrons. The van der Waals surface area contributed by atoms with Crippen LogP contribution in [-0.2, 0) is 16.6 Å². The Bertz CT molecular complexity index is 839. The van der Waals surface area contributed by atoms with E-state index in [0.717, 1.165) is 11.1 Å². The molecular formula is C23H30N2O4. The van der Waals surface area contributed by atoms with Gasteiger partial charge in [-0.1, -0.05) is 39.0 Å². The van der Waals surface area contributed by atoms with Crippen LogP contribution in [0.25, 0.3) is 0 Å². The zero-order chi connectivity index (χ0) is 21.4. The Morgan fingerprint density at radius 2 is 1.55 bits per heavy atom. The van der Waals surface area contributed by atoms with Crippen LogP contribution in [0.2, 0.25) is 0 Å². The number of carbonyl (C=O) groups is 2. The van der Waals surface area contributed by atoms with Gasteiger partial charge in [-0.05, 0) is 47.2 Å². The molecule has 0 aliphatic carbocycles. The summed E-state index contributed by atoms with van der Waals surface area (Å²) in [6, 6.07) is 13.1. The Labute approximate surface area is 172 Å². The third kappa shape index (κ3) is 6.52. The van der Waals surface area contributed by atoms with Crippen LogP contribution in [0, 0.1) is 0 Å². The molecule has 0 bridgehead atoms. The molecule has 29 heavy (non-hydrogen) atoms. The maximum Gasteiger partial charge on any atom is 0.251 e. The summed E-state index contributed by atoms with van der Waals surface area (Å²) < 4.78 is 10.5. The molecule has 0 fully saturated rings. The molecule has 0 aliphatic heterocycles. The van der Waals surface area contributed by atoms with E-state index in [-0.39, 0.29) is 23.8 Å². The minimum atomic E-state index is -0.263. The Balaban J connectivity index is 1.77. The Kier molecular flexibility index (Phi) is 7.65. The van der Waals surface area contributed by atoms with Crippen LogP contribution in [0.3, 0.4) is 0 Å². The van der Waals surface area contributed by atoms with Crippen LogP contribution >= 0.6 is 0 Å². The SMILES string of the molecule is COc1ccc(CCNC(=O)CNC(=O)c2ccc(C(C)(C)C)cc2)cc1OC. The third-order valence-corrected chi connectivity index (χ3v) is 4.61. The fourth-order valence-corrected chi connectivity index (χ4v) is 2.83. The quantitative estimate of drug-likeness (QED) is 0.716.